The molecule has 0 aliphatic heterocycles. The van der Waals surface area contributed by atoms with E-state index in [1.54, 1.807) is 0 Å². The van der Waals surface area contributed by atoms with E-state index >= 15 is 0 Å². The maximum atomic E-state index is 12.9. The minimum absolute atomic E-state index is 0.0254. The van der Waals surface area contributed by atoms with Crippen LogP contribution < -0.4 is 4.89 Å². The first-order valence-electron chi connectivity index (χ1n) is 39.9. The van der Waals surface area contributed by atoms with Gasteiger partial charge < -0.3 is 27.9 Å². The Morgan fingerprint density at radius 2 is 0.573 bits per heavy atom. The molecule has 0 N–H and O–H groups in total. The summed E-state index contributed by atoms with van der Waals surface area (Å²) < 4.78 is 34.4. The van der Waals surface area contributed by atoms with Crippen molar-refractivity contribution in [3.63, 3.8) is 0 Å². The molecule has 0 saturated heterocycles. The van der Waals surface area contributed by atoms with Gasteiger partial charge in [0.05, 0.1) is 27.7 Å². The van der Waals surface area contributed by atoms with Crippen LogP contribution in [0.3, 0.4) is 0 Å². The van der Waals surface area contributed by atoms with Gasteiger partial charge in [-0.2, -0.15) is 0 Å². The van der Waals surface area contributed by atoms with Gasteiger partial charge in [0.15, 0.2) is 6.10 Å². The Morgan fingerprint density at radius 1 is 0.337 bits per heavy atom. The summed E-state index contributed by atoms with van der Waals surface area (Å²) in [6.45, 7) is 4.34. The Kier molecular flexibility index (Phi) is 70.1. The molecule has 0 aromatic heterocycles. The van der Waals surface area contributed by atoms with Crippen molar-refractivity contribution in [2.75, 3.05) is 47.5 Å². The van der Waals surface area contributed by atoms with Gasteiger partial charge in [0.25, 0.3) is 7.82 Å². The van der Waals surface area contributed by atoms with E-state index in [4.69, 9.17) is 18.5 Å². The maximum absolute atomic E-state index is 12.9. The molecule has 0 aliphatic carbocycles. The maximum Gasteiger partial charge on any atom is 0.306 e. The van der Waals surface area contributed by atoms with Crippen LogP contribution in [-0.2, 0) is 32.7 Å². The third-order valence-corrected chi connectivity index (χ3v) is 19.5. The molecule has 0 amide bonds. The largest absolute Gasteiger partial charge is 0.756 e. The zero-order chi connectivity index (χ0) is 64.8. The lowest BCUT2D eigenvalue weighted by Gasteiger charge is -2.28. The van der Waals surface area contributed by atoms with Crippen LogP contribution in [0.1, 0.15) is 431 Å². The minimum atomic E-state index is -4.64. The number of carbonyl (C=O) groups excluding carboxylic acids is 2. The second-order valence-electron chi connectivity index (χ2n) is 28.8. The van der Waals surface area contributed by atoms with Crippen molar-refractivity contribution in [3.8, 4) is 0 Å². The van der Waals surface area contributed by atoms with Gasteiger partial charge in [-0.05, 0) is 38.5 Å². The van der Waals surface area contributed by atoms with Gasteiger partial charge in [-0.1, -0.05) is 392 Å². The van der Waals surface area contributed by atoms with Crippen LogP contribution in [0.2, 0.25) is 0 Å². The monoisotopic (exact) mass is 1280 g/mol. The number of phosphoric acid groups is 1. The number of likely N-dealkylation sites (N-methyl/N-ethyl adjacent to an activating group) is 1. The predicted molar refractivity (Wildman–Crippen MR) is 384 cm³/mol. The van der Waals surface area contributed by atoms with E-state index < -0.39 is 26.5 Å². The average Bonchev–Trinajstić information content (AvgIpc) is 3.60. The molecule has 0 aromatic rings. The molecular weight excluding hydrogens is 1120 g/mol. The topological polar surface area (TPSA) is 111 Å². The van der Waals surface area contributed by atoms with Crippen molar-refractivity contribution in [1.82, 2.24) is 0 Å². The second kappa shape index (κ2) is 71.1. The Hall–Kier alpha value is -1.25. The highest BCUT2D eigenvalue weighted by Crippen LogP contribution is 2.38. The lowest BCUT2D eigenvalue weighted by Crippen LogP contribution is -2.37. The SMILES string of the molecule is CCCCCCCCCC/C=C\CCCCCCCCCCCCCCCCCCCCCCCCCCCC(=O)OC(COC(=O)CCCCCCCCCCCCCCCCCCCCCCCCCCCCCC)COP(=O)([O-])OCC[N+](C)(C)C. The van der Waals surface area contributed by atoms with Crippen LogP contribution in [0, 0.1) is 0 Å². The Morgan fingerprint density at radius 3 is 0.831 bits per heavy atom. The Labute approximate surface area is 556 Å². The molecule has 0 rings (SSSR count). The molecular formula is C79H156NO8P. The number of ether oxygens (including phenoxy) is 2. The zero-order valence-corrected chi connectivity index (χ0v) is 61.6. The van der Waals surface area contributed by atoms with Crippen LogP contribution in [0.5, 0.6) is 0 Å². The summed E-state index contributed by atoms with van der Waals surface area (Å²) in [5, 5.41) is 0. The van der Waals surface area contributed by atoms with Crippen molar-refractivity contribution in [1.29, 1.82) is 0 Å². The number of unbranched alkanes of at least 4 members (excludes halogenated alkanes) is 60. The number of esters is 2. The Bertz CT molecular complexity index is 1500. The predicted octanol–water partition coefficient (Wildman–Crippen LogP) is 25.6. The molecule has 0 bridgehead atoms. The van der Waals surface area contributed by atoms with Crippen LogP contribution >= 0.6 is 7.82 Å². The first kappa shape index (κ1) is 87.8. The number of carbonyl (C=O) groups is 2. The number of hydrogen-bond acceptors (Lipinski definition) is 8. The number of quaternary nitrogens is 1. The highest BCUT2D eigenvalue weighted by Gasteiger charge is 2.22. The fraction of sp³-hybridized carbons (Fsp3) is 0.949. The normalized spacial score (nSPS) is 13.0. The van der Waals surface area contributed by atoms with Gasteiger partial charge in [0, 0.05) is 12.8 Å². The second-order valence-corrected chi connectivity index (χ2v) is 30.2. The molecule has 0 spiro atoms. The zero-order valence-electron chi connectivity index (χ0n) is 60.7. The standard InChI is InChI=1S/C79H156NO8P/c1-6-8-10-12-14-16-18-20-22-24-26-28-30-32-34-36-37-38-39-40-41-42-43-44-46-48-50-52-54-56-58-60-62-64-66-68-70-72-79(82)88-77(76-87-89(83,84)86-74-73-80(3,4)5)75-85-78(81)71-69-67-65-63-61-59-57-55-53-51-49-47-45-35-33-31-29-27-25-23-21-19-17-15-13-11-9-7-2/h24,26,77H,6-23,25,27-76H2,1-5H3/b26-24-. The summed E-state index contributed by atoms with van der Waals surface area (Å²) in [5.74, 6) is -0.802. The van der Waals surface area contributed by atoms with Gasteiger partial charge in [-0.15, -0.1) is 0 Å². The van der Waals surface area contributed by atoms with Gasteiger partial charge >= 0.3 is 11.9 Å². The highest BCUT2D eigenvalue weighted by atomic mass is 31.2. The number of phosphoric ester groups is 1. The summed E-state index contributed by atoms with van der Waals surface area (Å²) in [7, 11) is 1.20. The lowest BCUT2D eigenvalue weighted by atomic mass is 10.0. The van der Waals surface area contributed by atoms with Gasteiger partial charge in [-0.25, -0.2) is 0 Å². The summed E-state index contributed by atoms with van der Waals surface area (Å²) in [6, 6.07) is 0. The van der Waals surface area contributed by atoms with Crippen molar-refractivity contribution in [2.24, 2.45) is 0 Å². The lowest BCUT2D eigenvalue weighted by molar-refractivity contribution is -0.870. The molecule has 0 aliphatic rings. The fourth-order valence-corrected chi connectivity index (χ4v) is 13.2. The quantitative estimate of drug-likeness (QED) is 0.0195. The fourth-order valence-electron chi connectivity index (χ4n) is 12.4. The van der Waals surface area contributed by atoms with E-state index in [0.29, 0.717) is 17.4 Å². The molecule has 0 fully saturated rings. The van der Waals surface area contributed by atoms with Crippen LogP contribution in [0.4, 0.5) is 0 Å². The molecule has 0 aromatic carbocycles. The van der Waals surface area contributed by atoms with E-state index in [1.807, 2.05) is 21.1 Å². The van der Waals surface area contributed by atoms with E-state index in [9.17, 15) is 19.0 Å². The number of rotatable bonds is 76. The Balaban J connectivity index is 3.89. The van der Waals surface area contributed by atoms with Crippen LogP contribution in [0.15, 0.2) is 12.2 Å². The van der Waals surface area contributed by atoms with Crippen molar-refractivity contribution < 1.29 is 42.1 Å². The van der Waals surface area contributed by atoms with E-state index in [1.165, 1.54) is 366 Å². The number of allylic oxidation sites excluding steroid dienone is 2. The minimum Gasteiger partial charge on any atom is -0.756 e. The van der Waals surface area contributed by atoms with Crippen molar-refractivity contribution in [2.45, 2.75) is 437 Å². The number of nitrogens with zero attached hydrogens (tertiary/aromatic N) is 1. The van der Waals surface area contributed by atoms with Gasteiger partial charge in [0.1, 0.15) is 19.8 Å². The third-order valence-electron chi connectivity index (χ3n) is 18.5. The molecule has 0 saturated carbocycles. The molecule has 0 radical (unpaired) electrons. The number of hydrogen-bond donors (Lipinski definition) is 0. The van der Waals surface area contributed by atoms with E-state index in [-0.39, 0.29) is 32.0 Å². The van der Waals surface area contributed by atoms with Crippen LogP contribution in [-0.4, -0.2) is 70.0 Å². The first-order chi connectivity index (χ1) is 43.5. The molecule has 2 atom stereocenters. The summed E-state index contributed by atoms with van der Waals surface area (Å²) >= 11 is 0. The summed E-state index contributed by atoms with van der Waals surface area (Å²) in [6.07, 6.45) is 89.2. The smallest absolute Gasteiger partial charge is 0.306 e. The van der Waals surface area contributed by atoms with Crippen LogP contribution in [0.25, 0.3) is 0 Å². The molecule has 9 nitrogen and oxygen atoms in total. The molecule has 10 heteroatoms. The van der Waals surface area contributed by atoms with E-state index in [0.717, 1.165) is 32.1 Å². The first-order valence-corrected chi connectivity index (χ1v) is 41.4. The van der Waals surface area contributed by atoms with E-state index in [2.05, 4.69) is 26.0 Å². The van der Waals surface area contributed by atoms with Crippen molar-refractivity contribution >= 4 is 19.8 Å². The molecule has 89 heavy (non-hydrogen) atoms. The highest BCUT2D eigenvalue weighted by molar-refractivity contribution is 7.45. The van der Waals surface area contributed by atoms with Crippen molar-refractivity contribution in [3.05, 3.63) is 12.2 Å². The van der Waals surface area contributed by atoms with Gasteiger partial charge in [0.2, 0.25) is 0 Å². The average molecular weight is 1280 g/mol. The summed E-state index contributed by atoms with van der Waals surface area (Å²) in [4.78, 5) is 38.2. The molecule has 2 unspecified atom stereocenters. The molecule has 0 heterocycles. The molecule has 530 valence electrons. The van der Waals surface area contributed by atoms with Gasteiger partial charge in [-0.3, -0.25) is 14.2 Å². The third kappa shape index (κ3) is 75.7. The summed E-state index contributed by atoms with van der Waals surface area (Å²) in [5.41, 5.74) is 0.